The molecule has 1 aromatic rings. The van der Waals surface area contributed by atoms with Crippen molar-refractivity contribution in [1.29, 1.82) is 0 Å². The molecule has 1 saturated heterocycles. The summed E-state index contributed by atoms with van der Waals surface area (Å²) in [7, 11) is 0. The Hall–Kier alpha value is -1.26. The number of hydrazone groups is 1. The molecule has 0 aromatic heterocycles. The predicted molar refractivity (Wildman–Crippen MR) is 64.2 cm³/mol. The second-order valence-corrected chi connectivity index (χ2v) is 4.18. The van der Waals surface area contributed by atoms with Gasteiger partial charge in [0.25, 0.3) is 0 Å². The summed E-state index contributed by atoms with van der Waals surface area (Å²) in [6.45, 7) is 1.19. The molecule has 1 heterocycles. The first-order valence-corrected chi connectivity index (χ1v) is 5.46. The summed E-state index contributed by atoms with van der Waals surface area (Å²) in [6, 6.07) is 4.91. The van der Waals surface area contributed by atoms with Gasteiger partial charge >= 0.3 is 6.03 Å². The van der Waals surface area contributed by atoms with Crippen molar-refractivity contribution in [2.45, 2.75) is 0 Å². The van der Waals surface area contributed by atoms with Crippen LogP contribution in [-0.4, -0.2) is 30.3 Å². The highest BCUT2D eigenvalue weighted by Crippen LogP contribution is 2.18. The highest BCUT2D eigenvalue weighted by Gasteiger charge is 2.17. The van der Waals surface area contributed by atoms with Crippen LogP contribution in [0.3, 0.4) is 0 Å². The van der Waals surface area contributed by atoms with Crippen LogP contribution in [0, 0.1) is 0 Å². The summed E-state index contributed by atoms with van der Waals surface area (Å²) in [6.07, 6.45) is 1.56. The Morgan fingerprint density at radius 1 is 1.31 bits per heavy atom. The number of carbonyl (C=O) groups excluding carboxylic acids is 1. The third kappa shape index (κ3) is 2.65. The van der Waals surface area contributed by atoms with Crippen molar-refractivity contribution in [1.82, 2.24) is 10.3 Å². The summed E-state index contributed by atoms with van der Waals surface area (Å²) in [4.78, 5) is 11.2. The van der Waals surface area contributed by atoms with E-state index in [-0.39, 0.29) is 6.03 Å². The summed E-state index contributed by atoms with van der Waals surface area (Å²) >= 11 is 11.7. The van der Waals surface area contributed by atoms with Crippen LogP contribution in [0.15, 0.2) is 23.3 Å². The number of benzene rings is 1. The average molecular weight is 258 g/mol. The van der Waals surface area contributed by atoms with Gasteiger partial charge in [-0.15, -0.1) is 0 Å². The summed E-state index contributed by atoms with van der Waals surface area (Å²) in [5.41, 5.74) is 0.761. The molecular formula is C10H9Cl2N3O. The minimum atomic E-state index is -0.190. The van der Waals surface area contributed by atoms with Crippen LogP contribution in [-0.2, 0) is 0 Å². The molecule has 0 saturated carbocycles. The molecule has 0 radical (unpaired) electrons. The van der Waals surface area contributed by atoms with E-state index in [0.717, 1.165) is 5.56 Å². The molecule has 6 heteroatoms. The highest BCUT2D eigenvalue weighted by atomic mass is 35.5. The Kier molecular flexibility index (Phi) is 3.31. The Morgan fingerprint density at radius 3 is 2.56 bits per heavy atom. The lowest BCUT2D eigenvalue weighted by atomic mass is 10.2. The molecule has 1 aromatic carbocycles. The number of carbonyl (C=O) groups is 1. The fourth-order valence-electron chi connectivity index (χ4n) is 1.36. The first kappa shape index (κ1) is 11.2. The number of halogens is 2. The minimum Gasteiger partial charge on any atom is -0.335 e. The van der Waals surface area contributed by atoms with Gasteiger partial charge in [0.1, 0.15) is 0 Å². The van der Waals surface area contributed by atoms with E-state index in [4.69, 9.17) is 23.2 Å². The molecule has 0 atom stereocenters. The molecule has 1 fully saturated rings. The lowest BCUT2D eigenvalue weighted by Crippen LogP contribution is -2.23. The Balaban J connectivity index is 2.13. The minimum absolute atomic E-state index is 0.190. The number of nitrogens with zero attached hydrogens (tertiary/aromatic N) is 2. The highest BCUT2D eigenvalue weighted by molar-refractivity contribution is 6.35. The molecule has 0 spiro atoms. The fraction of sp³-hybridized carbons (Fsp3) is 0.200. The topological polar surface area (TPSA) is 44.7 Å². The lowest BCUT2D eigenvalue weighted by molar-refractivity contribution is 0.219. The van der Waals surface area contributed by atoms with Crippen LogP contribution in [0.4, 0.5) is 4.79 Å². The lowest BCUT2D eigenvalue weighted by Gasteiger charge is -2.05. The van der Waals surface area contributed by atoms with Crippen molar-refractivity contribution < 1.29 is 4.79 Å². The van der Waals surface area contributed by atoms with E-state index < -0.39 is 0 Å². The van der Waals surface area contributed by atoms with Crippen LogP contribution in [0.5, 0.6) is 0 Å². The van der Waals surface area contributed by atoms with Crippen molar-refractivity contribution in [3.8, 4) is 0 Å². The molecule has 16 heavy (non-hydrogen) atoms. The molecule has 0 unspecified atom stereocenters. The van der Waals surface area contributed by atoms with Gasteiger partial charge in [-0.1, -0.05) is 23.2 Å². The van der Waals surface area contributed by atoms with Gasteiger partial charge in [-0.3, -0.25) is 0 Å². The number of hydrogen-bond donors (Lipinski definition) is 1. The quantitative estimate of drug-likeness (QED) is 0.813. The summed E-state index contributed by atoms with van der Waals surface area (Å²) in [5.74, 6) is 0. The second kappa shape index (κ2) is 4.72. The first-order chi connectivity index (χ1) is 7.65. The van der Waals surface area contributed by atoms with Crippen LogP contribution < -0.4 is 5.32 Å². The van der Waals surface area contributed by atoms with E-state index in [0.29, 0.717) is 23.1 Å². The van der Waals surface area contributed by atoms with Crippen molar-refractivity contribution in [3.05, 3.63) is 33.8 Å². The summed E-state index contributed by atoms with van der Waals surface area (Å²) in [5, 5.41) is 9.12. The fourth-order valence-corrected chi connectivity index (χ4v) is 1.90. The second-order valence-electron chi connectivity index (χ2n) is 3.30. The molecule has 2 rings (SSSR count). The largest absolute Gasteiger partial charge is 0.337 e. The van der Waals surface area contributed by atoms with Gasteiger partial charge in [0.15, 0.2) is 0 Å². The Bertz CT molecular complexity index is 427. The zero-order valence-electron chi connectivity index (χ0n) is 8.28. The Morgan fingerprint density at radius 2 is 2.00 bits per heavy atom. The van der Waals surface area contributed by atoms with Gasteiger partial charge in [-0.2, -0.15) is 5.10 Å². The molecule has 1 N–H and O–H groups in total. The number of urea groups is 1. The number of rotatable bonds is 2. The molecule has 0 aliphatic carbocycles. The Labute approximate surface area is 103 Å². The SMILES string of the molecule is O=C1NCCN1/N=C/c1cc(Cl)cc(Cl)c1. The van der Waals surface area contributed by atoms with Crippen LogP contribution in [0.2, 0.25) is 10.0 Å². The third-order valence-corrected chi connectivity index (χ3v) is 2.50. The zero-order chi connectivity index (χ0) is 11.5. The van der Waals surface area contributed by atoms with E-state index in [1.807, 2.05) is 0 Å². The van der Waals surface area contributed by atoms with E-state index in [1.165, 1.54) is 5.01 Å². The molecule has 2 amide bonds. The van der Waals surface area contributed by atoms with E-state index >= 15 is 0 Å². The van der Waals surface area contributed by atoms with Gasteiger partial charge in [-0.25, -0.2) is 9.80 Å². The molecule has 84 valence electrons. The van der Waals surface area contributed by atoms with Crippen molar-refractivity contribution in [2.24, 2.45) is 5.10 Å². The van der Waals surface area contributed by atoms with Crippen molar-refractivity contribution in [3.63, 3.8) is 0 Å². The monoisotopic (exact) mass is 257 g/mol. The number of amides is 2. The third-order valence-electron chi connectivity index (χ3n) is 2.07. The van der Waals surface area contributed by atoms with Gasteiger partial charge < -0.3 is 5.32 Å². The van der Waals surface area contributed by atoms with Crippen LogP contribution >= 0.6 is 23.2 Å². The number of hydrogen-bond acceptors (Lipinski definition) is 2. The van der Waals surface area contributed by atoms with E-state index in [1.54, 1.807) is 24.4 Å². The predicted octanol–water partition coefficient (Wildman–Crippen LogP) is 2.35. The van der Waals surface area contributed by atoms with Gasteiger partial charge in [-0.05, 0) is 23.8 Å². The maximum absolute atomic E-state index is 11.2. The molecule has 1 aliphatic rings. The van der Waals surface area contributed by atoms with E-state index in [9.17, 15) is 4.79 Å². The summed E-state index contributed by atoms with van der Waals surface area (Å²) < 4.78 is 0. The normalized spacial score (nSPS) is 15.9. The maximum atomic E-state index is 11.2. The smallest absolute Gasteiger partial charge is 0.335 e. The zero-order valence-corrected chi connectivity index (χ0v) is 9.79. The van der Waals surface area contributed by atoms with Gasteiger partial charge in [0, 0.05) is 16.6 Å². The first-order valence-electron chi connectivity index (χ1n) is 4.70. The number of nitrogens with one attached hydrogen (secondary N) is 1. The van der Waals surface area contributed by atoms with Crippen LogP contribution in [0.1, 0.15) is 5.56 Å². The van der Waals surface area contributed by atoms with Crippen LogP contribution in [0.25, 0.3) is 0 Å². The van der Waals surface area contributed by atoms with Crippen molar-refractivity contribution in [2.75, 3.05) is 13.1 Å². The molecular weight excluding hydrogens is 249 g/mol. The maximum Gasteiger partial charge on any atom is 0.337 e. The van der Waals surface area contributed by atoms with Crippen molar-refractivity contribution >= 4 is 35.4 Å². The molecule has 0 bridgehead atoms. The van der Waals surface area contributed by atoms with E-state index in [2.05, 4.69) is 10.4 Å². The average Bonchev–Trinajstić information content (AvgIpc) is 2.59. The van der Waals surface area contributed by atoms with Gasteiger partial charge in [0.2, 0.25) is 0 Å². The molecule has 4 nitrogen and oxygen atoms in total. The molecule has 1 aliphatic heterocycles. The standard InChI is InChI=1S/C10H9Cl2N3O/c11-8-3-7(4-9(12)5-8)6-14-15-2-1-13-10(15)16/h3-6H,1-2H2,(H,13,16)/b14-6+. The van der Waals surface area contributed by atoms with Gasteiger partial charge in [0.05, 0.1) is 12.8 Å².